The average molecular weight is 403 g/mol. The van der Waals surface area contributed by atoms with E-state index < -0.39 is 0 Å². The third kappa shape index (κ3) is 4.31. The van der Waals surface area contributed by atoms with Crippen molar-refractivity contribution >= 4 is 11.6 Å². The van der Waals surface area contributed by atoms with E-state index in [4.69, 9.17) is 0 Å². The van der Waals surface area contributed by atoms with Gasteiger partial charge in [0.15, 0.2) is 0 Å². The lowest BCUT2D eigenvalue weighted by Crippen LogP contribution is -2.44. The second-order valence-electron chi connectivity index (χ2n) is 9.12. The number of rotatable bonds is 3. The predicted octanol–water partition coefficient (Wildman–Crippen LogP) is 4.29. The third-order valence-electron chi connectivity index (χ3n) is 5.83. The summed E-state index contributed by atoms with van der Waals surface area (Å²) < 4.78 is 1.43. The van der Waals surface area contributed by atoms with Crippen molar-refractivity contribution in [2.24, 2.45) is 0 Å². The Bertz CT molecular complexity index is 1000. The van der Waals surface area contributed by atoms with Gasteiger partial charge in [0.25, 0.3) is 5.91 Å². The lowest BCUT2D eigenvalue weighted by atomic mass is 9.87. The molecule has 1 aromatic heterocycles. The van der Waals surface area contributed by atoms with Crippen LogP contribution in [0.1, 0.15) is 36.7 Å². The monoisotopic (exact) mass is 402 g/mol. The smallest absolute Gasteiger partial charge is 0.278 e. The highest BCUT2D eigenvalue weighted by atomic mass is 16.2. The molecule has 0 saturated carbocycles. The molecular formula is C25H30N4O. The second-order valence-corrected chi connectivity index (χ2v) is 9.12. The highest BCUT2D eigenvalue weighted by Gasteiger charge is 2.17. The molecule has 2 heterocycles. The zero-order chi connectivity index (χ0) is 21.3. The van der Waals surface area contributed by atoms with Crippen LogP contribution < -0.4 is 4.90 Å². The third-order valence-corrected chi connectivity index (χ3v) is 5.83. The van der Waals surface area contributed by atoms with E-state index in [-0.39, 0.29) is 11.3 Å². The lowest BCUT2D eigenvalue weighted by molar-refractivity contribution is 0.0945. The number of carbonyl (C=O) groups is 1. The molecule has 30 heavy (non-hydrogen) atoms. The molecule has 1 aliphatic heterocycles. The highest BCUT2D eigenvalue weighted by molar-refractivity contribution is 5.95. The van der Waals surface area contributed by atoms with Gasteiger partial charge in [-0.2, -0.15) is 5.10 Å². The zero-order valence-electron chi connectivity index (χ0n) is 18.3. The molecule has 0 aliphatic carbocycles. The van der Waals surface area contributed by atoms with Crippen molar-refractivity contribution in [3.05, 3.63) is 71.9 Å². The summed E-state index contributed by atoms with van der Waals surface area (Å²) in [5.41, 5.74) is 4.98. The molecule has 0 spiro atoms. The number of nitrogens with zero attached hydrogens (tertiary/aromatic N) is 4. The maximum absolute atomic E-state index is 12.8. The summed E-state index contributed by atoms with van der Waals surface area (Å²) in [6.45, 7) is 10.8. The Labute approximate surface area is 178 Å². The van der Waals surface area contributed by atoms with Crippen LogP contribution in [0.4, 0.5) is 5.69 Å². The molecule has 156 valence electrons. The SMILES string of the molecule is CN1CCN(c2ccc(-c3ccn(C(=O)c4ccc(C(C)(C)C)cc4)n3)cc2)CC1. The number of benzene rings is 2. The Balaban J connectivity index is 1.48. The standard InChI is InChI=1S/C25H30N4O/c1-25(2,3)21-9-5-20(6-10-21)24(30)29-14-13-23(26-29)19-7-11-22(12-8-19)28-17-15-27(4)16-18-28/h5-14H,15-18H2,1-4H3. The number of likely N-dealkylation sites (N-methyl/N-ethyl adjacent to an activating group) is 1. The topological polar surface area (TPSA) is 41.4 Å². The molecule has 0 unspecified atom stereocenters. The minimum atomic E-state index is -0.115. The van der Waals surface area contributed by atoms with Crippen molar-refractivity contribution in [2.45, 2.75) is 26.2 Å². The van der Waals surface area contributed by atoms with Crippen LogP contribution in [0.15, 0.2) is 60.8 Å². The van der Waals surface area contributed by atoms with Gasteiger partial charge in [0.05, 0.1) is 5.69 Å². The summed E-state index contributed by atoms with van der Waals surface area (Å²) in [5.74, 6) is -0.115. The van der Waals surface area contributed by atoms with Crippen LogP contribution in [-0.4, -0.2) is 53.8 Å². The Hall–Kier alpha value is -2.92. The van der Waals surface area contributed by atoms with Crippen LogP contribution in [0.5, 0.6) is 0 Å². The van der Waals surface area contributed by atoms with E-state index in [9.17, 15) is 4.79 Å². The molecule has 5 nitrogen and oxygen atoms in total. The molecule has 2 aromatic carbocycles. The van der Waals surface area contributed by atoms with Crippen LogP contribution in [0.2, 0.25) is 0 Å². The molecule has 0 radical (unpaired) electrons. The van der Waals surface area contributed by atoms with Crippen molar-refractivity contribution in [1.29, 1.82) is 0 Å². The van der Waals surface area contributed by atoms with Crippen LogP contribution in [-0.2, 0) is 5.41 Å². The fraction of sp³-hybridized carbons (Fsp3) is 0.360. The molecular weight excluding hydrogens is 372 g/mol. The van der Waals surface area contributed by atoms with Gasteiger partial charge in [-0.1, -0.05) is 45.0 Å². The fourth-order valence-corrected chi connectivity index (χ4v) is 3.74. The van der Waals surface area contributed by atoms with Gasteiger partial charge >= 0.3 is 0 Å². The van der Waals surface area contributed by atoms with Gasteiger partial charge in [-0.15, -0.1) is 0 Å². The number of aromatic nitrogens is 2. The minimum absolute atomic E-state index is 0.0662. The van der Waals surface area contributed by atoms with Crippen LogP contribution in [0.3, 0.4) is 0 Å². The Morgan fingerprint density at radius 2 is 1.50 bits per heavy atom. The normalized spacial score (nSPS) is 15.4. The van der Waals surface area contributed by atoms with E-state index in [1.165, 1.54) is 15.9 Å². The molecule has 3 aromatic rings. The summed E-state index contributed by atoms with van der Waals surface area (Å²) in [7, 11) is 2.16. The van der Waals surface area contributed by atoms with Crippen LogP contribution in [0.25, 0.3) is 11.3 Å². The average Bonchev–Trinajstić information content (AvgIpc) is 3.24. The Morgan fingerprint density at radius 1 is 0.867 bits per heavy atom. The molecule has 0 bridgehead atoms. The van der Waals surface area contributed by atoms with E-state index in [0.29, 0.717) is 5.56 Å². The van der Waals surface area contributed by atoms with E-state index in [0.717, 1.165) is 37.4 Å². The first-order chi connectivity index (χ1) is 14.3. The largest absolute Gasteiger partial charge is 0.369 e. The molecule has 5 heteroatoms. The van der Waals surface area contributed by atoms with Gasteiger partial charge in [-0.3, -0.25) is 4.79 Å². The Morgan fingerprint density at radius 3 is 2.10 bits per heavy atom. The first-order valence-corrected chi connectivity index (χ1v) is 10.6. The first-order valence-electron chi connectivity index (χ1n) is 10.6. The number of hydrogen-bond acceptors (Lipinski definition) is 4. The maximum Gasteiger partial charge on any atom is 0.278 e. The van der Waals surface area contributed by atoms with Gasteiger partial charge in [-0.05, 0) is 48.4 Å². The van der Waals surface area contributed by atoms with Crippen molar-refractivity contribution in [1.82, 2.24) is 14.7 Å². The molecule has 4 rings (SSSR count). The Kier molecular flexibility index (Phi) is 5.48. The van der Waals surface area contributed by atoms with E-state index in [2.05, 4.69) is 67.0 Å². The number of anilines is 1. The van der Waals surface area contributed by atoms with Gasteiger partial charge < -0.3 is 9.80 Å². The van der Waals surface area contributed by atoms with Gasteiger partial charge in [0.1, 0.15) is 0 Å². The predicted molar refractivity (Wildman–Crippen MR) is 122 cm³/mol. The van der Waals surface area contributed by atoms with E-state index in [1.54, 1.807) is 6.20 Å². The van der Waals surface area contributed by atoms with E-state index >= 15 is 0 Å². The van der Waals surface area contributed by atoms with Crippen molar-refractivity contribution in [2.75, 3.05) is 38.1 Å². The number of hydrogen-bond donors (Lipinski definition) is 0. The zero-order valence-corrected chi connectivity index (χ0v) is 18.3. The van der Waals surface area contributed by atoms with E-state index in [1.807, 2.05) is 30.3 Å². The molecule has 0 amide bonds. The summed E-state index contributed by atoms with van der Waals surface area (Å²) in [5, 5.41) is 4.53. The molecule has 1 aliphatic rings. The quantitative estimate of drug-likeness (QED) is 0.655. The minimum Gasteiger partial charge on any atom is -0.369 e. The van der Waals surface area contributed by atoms with Crippen molar-refractivity contribution in [3.63, 3.8) is 0 Å². The summed E-state index contributed by atoms with van der Waals surface area (Å²) >= 11 is 0. The molecule has 1 fully saturated rings. The first kappa shape index (κ1) is 20.4. The van der Waals surface area contributed by atoms with Gasteiger partial charge in [0.2, 0.25) is 0 Å². The highest BCUT2D eigenvalue weighted by Crippen LogP contribution is 2.24. The van der Waals surface area contributed by atoms with Crippen molar-refractivity contribution in [3.8, 4) is 11.3 Å². The summed E-state index contributed by atoms with van der Waals surface area (Å²) in [6, 6.07) is 18.2. The number of carbonyl (C=O) groups excluding carboxylic acids is 1. The summed E-state index contributed by atoms with van der Waals surface area (Å²) in [4.78, 5) is 17.6. The van der Waals surface area contributed by atoms with Crippen LogP contribution in [0, 0.1) is 0 Å². The molecule has 1 saturated heterocycles. The molecule has 0 N–H and O–H groups in total. The summed E-state index contributed by atoms with van der Waals surface area (Å²) in [6.07, 6.45) is 1.74. The fourth-order valence-electron chi connectivity index (χ4n) is 3.74. The van der Waals surface area contributed by atoms with Crippen LogP contribution >= 0.6 is 0 Å². The van der Waals surface area contributed by atoms with Crippen molar-refractivity contribution < 1.29 is 4.79 Å². The van der Waals surface area contributed by atoms with Gasteiger partial charge in [-0.25, -0.2) is 4.68 Å². The van der Waals surface area contributed by atoms with Gasteiger partial charge in [0, 0.05) is 49.2 Å². The maximum atomic E-state index is 12.8. The number of piperazine rings is 1. The molecule has 0 atom stereocenters. The second kappa shape index (κ2) is 8.07. The lowest BCUT2D eigenvalue weighted by Gasteiger charge is -2.34.